The molecule has 3 aliphatic heterocycles. The van der Waals surface area contributed by atoms with E-state index in [1.165, 1.54) is 12.0 Å². The lowest BCUT2D eigenvalue weighted by Gasteiger charge is -2.35. The van der Waals surface area contributed by atoms with Gasteiger partial charge in [-0.15, -0.1) is 0 Å². The van der Waals surface area contributed by atoms with Crippen molar-refractivity contribution in [1.29, 1.82) is 0 Å². The van der Waals surface area contributed by atoms with E-state index in [-0.39, 0.29) is 5.54 Å². The van der Waals surface area contributed by atoms with E-state index >= 15 is 0 Å². The Morgan fingerprint density at radius 2 is 1.71 bits per heavy atom. The molecule has 4 rings (SSSR count). The smallest absolute Gasteiger partial charge is 0.165 e. The SMILES string of the molecule is CC1(c2c3c(c(O)c4c2OCCC4)OCCC3)CCCN1. The van der Waals surface area contributed by atoms with Gasteiger partial charge in [0.1, 0.15) is 5.75 Å². The second-order valence-corrected chi connectivity index (χ2v) is 6.61. The third-order valence-electron chi connectivity index (χ3n) is 5.13. The summed E-state index contributed by atoms with van der Waals surface area (Å²) in [5.41, 5.74) is 3.31. The Morgan fingerprint density at radius 1 is 1.00 bits per heavy atom. The van der Waals surface area contributed by atoms with Crippen LogP contribution in [0.25, 0.3) is 0 Å². The first-order valence-electron chi connectivity index (χ1n) is 8.12. The van der Waals surface area contributed by atoms with Crippen molar-refractivity contribution >= 4 is 0 Å². The molecule has 1 atom stereocenters. The van der Waals surface area contributed by atoms with E-state index in [9.17, 15) is 5.11 Å². The molecule has 0 spiro atoms. The Kier molecular flexibility index (Phi) is 3.03. The lowest BCUT2D eigenvalue weighted by Crippen LogP contribution is -2.36. The van der Waals surface area contributed by atoms with Crippen molar-refractivity contribution in [1.82, 2.24) is 5.32 Å². The summed E-state index contributed by atoms with van der Waals surface area (Å²) in [4.78, 5) is 0. The van der Waals surface area contributed by atoms with Gasteiger partial charge in [0.05, 0.1) is 13.2 Å². The van der Waals surface area contributed by atoms with Gasteiger partial charge in [-0.1, -0.05) is 0 Å². The Balaban J connectivity index is 1.98. The van der Waals surface area contributed by atoms with Gasteiger partial charge in [-0.3, -0.25) is 0 Å². The zero-order valence-corrected chi connectivity index (χ0v) is 12.6. The molecule has 1 aromatic rings. The second-order valence-electron chi connectivity index (χ2n) is 6.61. The van der Waals surface area contributed by atoms with E-state index in [4.69, 9.17) is 9.47 Å². The Morgan fingerprint density at radius 3 is 2.43 bits per heavy atom. The van der Waals surface area contributed by atoms with Crippen LogP contribution in [0.4, 0.5) is 0 Å². The minimum Gasteiger partial charge on any atom is -0.504 e. The van der Waals surface area contributed by atoms with E-state index < -0.39 is 0 Å². The van der Waals surface area contributed by atoms with Crippen molar-refractivity contribution in [3.05, 3.63) is 16.7 Å². The molecule has 1 aromatic carbocycles. The molecule has 0 saturated carbocycles. The van der Waals surface area contributed by atoms with Crippen LogP contribution < -0.4 is 14.8 Å². The highest BCUT2D eigenvalue weighted by Gasteiger charge is 2.40. The molecule has 0 radical (unpaired) electrons. The molecule has 1 saturated heterocycles. The summed E-state index contributed by atoms with van der Waals surface area (Å²) in [6, 6.07) is 0. The molecule has 0 amide bonds. The third kappa shape index (κ3) is 1.92. The molecular formula is C17H23NO3. The van der Waals surface area contributed by atoms with Crippen LogP contribution in [-0.4, -0.2) is 24.9 Å². The van der Waals surface area contributed by atoms with Crippen LogP contribution in [0, 0.1) is 0 Å². The quantitative estimate of drug-likeness (QED) is 0.834. The summed E-state index contributed by atoms with van der Waals surface area (Å²) in [7, 11) is 0. The maximum atomic E-state index is 10.6. The molecule has 21 heavy (non-hydrogen) atoms. The predicted octanol–water partition coefficient (Wildman–Crippen LogP) is 2.64. The molecule has 4 heteroatoms. The molecule has 0 bridgehead atoms. The number of hydrogen-bond acceptors (Lipinski definition) is 4. The van der Waals surface area contributed by atoms with Crippen molar-refractivity contribution in [2.75, 3.05) is 19.8 Å². The van der Waals surface area contributed by atoms with E-state index in [1.54, 1.807) is 0 Å². The van der Waals surface area contributed by atoms with Crippen molar-refractivity contribution in [3.8, 4) is 17.2 Å². The molecule has 1 fully saturated rings. The first-order valence-corrected chi connectivity index (χ1v) is 8.12. The summed E-state index contributed by atoms with van der Waals surface area (Å²) in [6.07, 6.45) is 6.10. The fourth-order valence-electron chi connectivity index (χ4n) is 4.11. The van der Waals surface area contributed by atoms with Gasteiger partial charge in [0.15, 0.2) is 11.5 Å². The normalized spacial score (nSPS) is 27.5. The summed E-state index contributed by atoms with van der Waals surface area (Å²) in [5, 5.41) is 14.3. The molecule has 0 aromatic heterocycles. The highest BCUT2D eigenvalue weighted by Crippen LogP contribution is 2.52. The van der Waals surface area contributed by atoms with Gasteiger partial charge >= 0.3 is 0 Å². The Labute approximate surface area is 125 Å². The Bertz CT molecular complexity index is 539. The highest BCUT2D eigenvalue weighted by molar-refractivity contribution is 5.65. The van der Waals surface area contributed by atoms with Crippen LogP contribution in [-0.2, 0) is 18.4 Å². The first-order chi connectivity index (χ1) is 10.2. The topological polar surface area (TPSA) is 50.7 Å². The fourth-order valence-corrected chi connectivity index (χ4v) is 4.11. The maximum absolute atomic E-state index is 10.6. The van der Waals surface area contributed by atoms with Crippen LogP contribution in [0.15, 0.2) is 0 Å². The van der Waals surface area contributed by atoms with Crippen molar-refractivity contribution in [2.45, 2.75) is 51.0 Å². The monoisotopic (exact) mass is 289 g/mol. The lowest BCUT2D eigenvalue weighted by molar-refractivity contribution is 0.245. The maximum Gasteiger partial charge on any atom is 0.165 e. The van der Waals surface area contributed by atoms with Crippen LogP contribution in [0.2, 0.25) is 0 Å². The van der Waals surface area contributed by atoms with Gasteiger partial charge in [0.2, 0.25) is 0 Å². The molecule has 2 N–H and O–H groups in total. The van der Waals surface area contributed by atoms with E-state index in [0.717, 1.165) is 67.9 Å². The highest BCUT2D eigenvalue weighted by atomic mass is 16.5. The van der Waals surface area contributed by atoms with E-state index in [0.29, 0.717) is 12.4 Å². The number of nitrogens with one attached hydrogen (secondary N) is 1. The lowest BCUT2D eigenvalue weighted by atomic mass is 9.81. The zero-order valence-electron chi connectivity index (χ0n) is 12.6. The standard InChI is InChI=1S/C17H23NO3/c1-17(7-4-8-18-17)13-11-5-2-10-21-16(11)14(19)12-6-3-9-20-15(12)13/h18-19H,2-10H2,1H3. The third-order valence-corrected chi connectivity index (χ3v) is 5.13. The Hall–Kier alpha value is -1.42. The average molecular weight is 289 g/mol. The number of benzene rings is 1. The molecular weight excluding hydrogens is 266 g/mol. The number of ether oxygens (including phenoxy) is 2. The summed E-state index contributed by atoms with van der Waals surface area (Å²) in [6.45, 7) is 4.75. The largest absolute Gasteiger partial charge is 0.504 e. The second kappa shape index (κ2) is 4.80. The van der Waals surface area contributed by atoms with Gasteiger partial charge in [0, 0.05) is 22.2 Å². The van der Waals surface area contributed by atoms with Gasteiger partial charge in [-0.2, -0.15) is 0 Å². The molecule has 3 aliphatic rings. The van der Waals surface area contributed by atoms with Crippen LogP contribution >= 0.6 is 0 Å². The molecule has 3 heterocycles. The zero-order chi connectivity index (χ0) is 14.4. The van der Waals surface area contributed by atoms with Gasteiger partial charge in [-0.25, -0.2) is 0 Å². The van der Waals surface area contributed by atoms with Crippen LogP contribution in [0.5, 0.6) is 17.2 Å². The van der Waals surface area contributed by atoms with Crippen molar-refractivity contribution in [2.24, 2.45) is 0 Å². The molecule has 4 nitrogen and oxygen atoms in total. The molecule has 1 unspecified atom stereocenters. The number of rotatable bonds is 1. The van der Waals surface area contributed by atoms with E-state index in [2.05, 4.69) is 12.2 Å². The number of hydrogen-bond donors (Lipinski definition) is 2. The summed E-state index contributed by atoms with van der Waals surface area (Å²) < 4.78 is 11.9. The van der Waals surface area contributed by atoms with Gasteiger partial charge in [0.25, 0.3) is 0 Å². The number of aromatic hydroxyl groups is 1. The average Bonchev–Trinajstić information content (AvgIpc) is 2.95. The van der Waals surface area contributed by atoms with Crippen molar-refractivity contribution < 1.29 is 14.6 Å². The first kappa shape index (κ1) is 13.3. The van der Waals surface area contributed by atoms with Crippen molar-refractivity contribution in [3.63, 3.8) is 0 Å². The number of phenols is 1. The van der Waals surface area contributed by atoms with Gasteiger partial charge in [-0.05, 0) is 52.0 Å². The molecule has 0 aliphatic carbocycles. The van der Waals surface area contributed by atoms with Gasteiger partial charge < -0.3 is 19.9 Å². The minimum atomic E-state index is -0.0556. The molecule has 114 valence electrons. The minimum absolute atomic E-state index is 0.0556. The summed E-state index contributed by atoms with van der Waals surface area (Å²) in [5.74, 6) is 1.97. The van der Waals surface area contributed by atoms with Crippen LogP contribution in [0.3, 0.4) is 0 Å². The number of fused-ring (bicyclic) bond motifs is 2. The van der Waals surface area contributed by atoms with E-state index in [1.807, 2.05) is 0 Å². The summed E-state index contributed by atoms with van der Waals surface area (Å²) >= 11 is 0. The predicted molar refractivity (Wildman–Crippen MR) is 80.3 cm³/mol. The fraction of sp³-hybridized carbons (Fsp3) is 0.647. The van der Waals surface area contributed by atoms with Crippen LogP contribution in [0.1, 0.15) is 49.3 Å². The number of phenolic OH excluding ortho intramolecular Hbond substituents is 1.